The van der Waals surface area contributed by atoms with E-state index in [0.717, 1.165) is 78.2 Å². The van der Waals surface area contributed by atoms with E-state index in [0.29, 0.717) is 44.1 Å². The van der Waals surface area contributed by atoms with Gasteiger partial charge in [-0.2, -0.15) is 13.2 Å². The molecule has 1 aromatic carbocycles. The molecule has 100 heavy (non-hydrogen) atoms. The number of carbonyl (C=O) groups excluding carboxylic acids is 12. The zero-order chi connectivity index (χ0) is 73.5. The van der Waals surface area contributed by atoms with Gasteiger partial charge in [-0.05, 0) is 106 Å². The number of fused-ring (bicyclic) bond motifs is 1. The molecule has 8 atom stereocenters. The van der Waals surface area contributed by atoms with Gasteiger partial charge < -0.3 is 64.8 Å². The Morgan fingerprint density at radius 2 is 1.20 bits per heavy atom. The van der Waals surface area contributed by atoms with Crippen LogP contribution in [0.2, 0.25) is 0 Å². The number of amides is 12. The van der Waals surface area contributed by atoms with Crippen LogP contribution in [0.3, 0.4) is 0 Å². The highest BCUT2D eigenvalue weighted by atomic mass is 19.4. The maximum atomic E-state index is 15.8. The van der Waals surface area contributed by atoms with Crippen LogP contribution in [-0.2, 0) is 74.9 Å². The fraction of sp³-hybridized carbons (Fsp3) is 0.750. The van der Waals surface area contributed by atoms with E-state index in [1.807, 2.05) is 20.8 Å². The molecule has 12 amide bonds. The lowest BCUT2D eigenvalue weighted by Gasteiger charge is -2.43. The second-order valence-corrected chi connectivity index (χ2v) is 29.6. The van der Waals surface area contributed by atoms with Crippen LogP contribution in [0, 0.1) is 23.7 Å². The molecule has 0 aromatic heterocycles. The van der Waals surface area contributed by atoms with E-state index in [4.69, 9.17) is 4.74 Å². The van der Waals surface area contributed by atoms with E-state index in [1.54, 1.807) is 6.92 Å². The Hall–Kier alpha value is -7.39. The second kappa shape index (κ2) is 36.0. The minimum Gasteiger partial charge on any atom is -0.378 e. The summed E-state index contributed by atoms with van der Waals surface area (Å²) in [5, 5.41) is 8.78. The molecule has 3 N–H and O–H groups in total. The third kappa shape index (κ3) is 20.2. The van der Waals surface area contributed by atoms with Crippen molar-refractivity contribution in [3.05, 3.63) is 35.4 Å². The van der Waals surface area contributed by atoms with Crippen molar-refractivity contribution in [2.45, 2.75) is 223 Å². The van der Waals surface area contributed by atoms with Gasteiger partial charge in [0.25, 0.3) is 0 Å². The average Bonchev–Trinajstić information content (AvgIpc) is 1.36. The third-order valence-corrected chi connectivity index (χ3v) is 21.9. The molecule has 3 saturated heterocycles. The van der Waals surface area contributed by atoms with Crippen LogP contribution in [0.4, 0.5) is 13.2 Å². The van der Waals surface area contributed by atoms with Gasteiger partial charge in [-0.3, -0.25) is 57.5 Å². The van der Waals surface area contributed by atoms with Crippen molar-refractivity contribution >= 4 is 70.9 Å². The quantitative estimate of drug-likeness (QED) is 0.273. The number of likely N-dealkylation sites (N-methyl/N-ethyl adjacent to an activating group) is 7. The van der Waals surface area contributed by atoms with Gasteiger partial charge in [0.2, 0.25) is 70.9 Å². The highest BCUT2D eigenvalue weighted by molar-refractivity contribution is 6.00. The summed E-state index contributed by atoms with van der Waals surface area (Å²) in [4.78, 5) is 191. The lowest BCUT2D eigenvalue weighted by atomic mass is 9.81. The predicted molar refractivity (Wildman–Crippen MR) is 366 cm³/mol. The number of halogens is 3. The van der Waals surface area contributed by atoms with Crippen molar-refractivity contribution in [1.82, 2.24) is 60.0 Å². The number of alkyl halides is 3. The Labute approximate surface area is 588 Å². The van der Waals surface area contributed by atoms with Crippen molar-refractivity contribution in [2.75, 3.05) is 102 Å². The average molecular weight is 1410 g/mol. The van der Waals surface area contributed by atoms with E-state index in [2.05, 4.69) is 16.0 Å². The molecule has 0 radical (unpaired) electrons. The summed E-state index contributed by atoms with van der Waals surface area (Å²) in [6.07, 6.45) is 5.10. The molecular weight excluding hydrogens is 1300 g/mol. The van der Waals surface area contributed by atoms with Crippen LogP contribution in [0.5, 0.6) is 0 Å². The molecule has 0 bridgehead atoms. The summed E-state index contributed by atoms with van der Waals surface area (Å²) in [5.74, 6) is -8.78. The van der Waals surface area contributed by atoms with Gasteiger partial charge in [0.15, 0.2) is 0 Å². The van der Waals surface area contributed by atoms with Crippen molar-refractivity contribution in [3.8, 4) is 0 Å². The summed E-state index contributed by atoms with van der Waals surface area (Å²) >= 11 is 0. The maximum Gasteiger partial charge on any atom is 0.416 e. The SMILES string of the molecule is CC[C@H](C)[C@@H]1NC(=O)[C@H](CC(C)C)N(C)C(=O)C[C@@H](C(=O)N2CCOCC2)N(C)C(=O)[C@H](C2CCCCC2)N(C)C(=O)C2(CCCC2)NC(=O)C2CCCN2C(=O)[C@H](CCc2ccc(C(F)(F)F)cc2)NC(=O)CN(C)C(=O)[C@H](CC2CCCCC2)N(C)C(=O)CN(C)C(=O)CN(C)C1=O. The second-order valence-electron chi connectivity index (χ2n) is 29.6. The largest absolute Gasteiger partial charge is 0.416 e. The Kier molecular flexibility index (Phi) is 28.7. The summed E-state index contributed by atoms with van der Waals surface area (Å²) < 4.78 is 46.7. The number of hydrogen-bond acceptors (Lipinski definition) is 13. The van der Waals surface area contributed by atoms with E-state index in [-0.39, 0.29) is 89.6 Å². The number of nitrogens with one attached hydrogen (secondary N) is 3. The Bertz CT molecular complexity index is 3060. The van der Waals surface area contributed by atoms with Gasteiger partial charge in [0.1, 0.15) is 47.8 Å². The van der Waals surface area contributed by atoms with Crippen LogP contribution < -0.4 is 16.0 Å². The van der Waals surface area contributed by atoms with Gasteiger partial charge in [-0.1, -0.05) is 110 Å². The smallest absolute Gasteiger partial charge is 0.378 e. The molecule has 558 valence electrons. The van der Waals surface area contributed by atoms with Gasteiger partial charge >= 0.3 is 6.18 Å². The van der Waals surface area contributed by atoms with Crippen LogP contribution in [0.1, 0.15) is 174 Å². The number of aryl methyl sites for hydroxylation is 1. The highest BCUT2D eigenvalue weighted by Crippen LogP contribution is 2.38. The zero-order valence-corrected chi connectivity index (χ0v) is 60.8. The van der Waals surface area contributed by atoms with Gasteiger partial charge in [0.05, 0.1) is 44.8 Å². The van der Waals surface area contributed by atoms with Gasteiger partial charge in [-0.15, -0.1) is 0 Å². The first-order chi connectivity index (χ1) is 47.3. The molecule has 28 heteroatoms. The van der Waals surface area contributed by atoms with E-state index in [9.17, 15) is 41.9 Å². The highest BCUT2D eigenvalue weighted by Gasteiger charge is 2.51. The summed E-state index contributed by atoms with van der Waals surface area (Å²) in [7, 11) is 9.99. The molecule has 3 aliphatic heterocycles. The normalized spacial score (nSPS) is 26.9. The number of ether oxygens (including phenoxy) is 1. The Morgan fingerprint density at radius 1 is 0.610 bits per heavy atom. The molecule has 1 unspecified atom stereocenters. The Morgan fingerprint density at radius 3 is 1.80 bits per heavy atom. The van der Waals surface area contributed by atoms with Crippen molar-refractivity contribution in [1.29, 1.82) is 0 Å². The predicted octanol–water partition coefficient (Wildman–Crippen LogP) is 4.62. The molecular formula is C72H111F3N12O13. The number of benzene rings is 1. The minimum absolute atomic E-state index is 0.000727. The minimum atomic E-state index is -4.62. The number of hydrogen-bond donors (Lipinski definition) is 3. The fourth-order valence-corrected chi connectivity index (χ4v) is 15.4. The lowest BCUT2D eigenvalue weighted by Crippen LogP contribution is -2.65. The first-order valence-electron chi connectivity index (χ1n) is 36.3. The zero-order valence-electron chi connectivity index (χ0n) is 60.8. The summed E-state index contributed by atoms with van der Waals surface area (Å²) in [6.45, 7) is 6.43. The molecule has 3 saturated carbocycles. The standard InChI is InChI=1S/C72H111F3N12O13/c1-12-47(4)61-68(97)81(7)44-59(90)79(5)45-60(91)83(9)55(41-49-22-15-13-16-23-49)66(95)80(6)43-57(88)76-52(32-29-48-27-30-51(31-28-48)72(73,74)75)65(94)87-35-21-26-53(87)64(93)78-71(33-19-20-34-71)70(99)85(11)62(50-24-17-14-18-25-50)69(98)84(10)56(67(96)86-36-38-100-39-37-86)42-58(89)82(8)54(40-46(2)3)63(92)77-61/h27-28,30-31,46-47,49-50,52-56,61-62H,12-26,29,32-45H2,1-11H3,(H,76,88)(H,77,92)(H,78,93)/t47-,52-,53?,54-,55-,56-,61-,62-/m0/s1. The molecule has 7 rings (SSSR count). The molecule has 1 aromatic rings. The number of carbonyl (C=O) groups is 12. The summed E-state index contributed by atoms with van der Waals surface area (Å²) in [5.41, 5.74) is -2.04. The van der Waals surface area contributed by atoms with Gasteiger partial charge in [0, 0.05) is 69.0 Å². The van der Waals surface area contributed by atoms with Crippen LogP contribution in [0.25, 0.3) is 0 Å². The van der Waals surface area contributed by atoms with E-state index < -0.39 is 168 Å². The van der Waals surface area contributed by atoms with Crippen LogP contribution >= 0.6 is 0 Å². The topological polar surface area (TPSA) is 279 Å². The first kappa shape index (κ1) is 79.9. The van der Waals surface area contributed by atoms with Crippen molar-refractivity contribution in [2.24, 2.45) is 23.7 Å². The molecule has 6 fully saturated rings. The molecule has 6 aliphatic rings. The van der Waals surface area contributed by atoms with Crippen molar-refractivity contribution < 1.29 is 75.4 Å². The third-order valence-electron chi connectivity index (χ3n) is 21.9. The first-order valence-corrected chi connectivity index (χ1v) is 36.3. The number of rotatable bonds is 11. The van der Waals surface area contributed by atoms with Crippen molar-refractivity contribution in [3.63, 3.8) is 0 Å². The number of morpholine rings is 1. The molecule has 25 nitrogen and oxygen atoms in total. The van der Waals surface area contributed by atoms with E-state index >= 15 is 28.8 Å². The maximum absolute atomic E-state index is 15.8. The van der Waals surface area contributed by atoms with Crippen LogP contribution in [-0.4, -0.2) is 265 Å². The molecule has 3 aliphatic carbocycles. The fourth-order valence-electron chi connectivity index (χ4n) is 15.4. The van der Waals surface area contributed by atoms with Gasteiger partial charge in [-0.25, -0.2) is 0 Å². The monoisotopic (exact) mass is 1410 g/mol. The lowest BCUT2D eigenvalue weighted by molar-refractivity contribution is -0.158. The summed E-state index contributed by atoms with van der Waals surface area (Å²) in [6, 6.07) is -4.32. The van der Waals surface area contributed by atoms with E-state index in [1.165, 1.54) is 90.9 Å². The molecule has 1 spiro atoms. The van der Waals surface area contributed by atoms with Crippen LogP contribution in [0.15, 0.2) is 24.3 Å². The number of nitrogens with zero attached hydrogens (tertiary/aromatic N) is 9. The Balaban J connectivity index is 1.28. The molecule has 3 heterocycles.